The predicted octanol–water partition coefficient (Wildman–Crippen LogP) is 2.65. The summed E-state index contributed by atoms with van der Waals surface area (Å²) in [6.07, 6.45) is -4.72. The van der Waals surface area contributed by atoms with Gasteiger partial charge >= 0.3 is 12.3 Å². The summed E-state index contributed by atoms with van der Waals surface area (Å²) in [5.74, 6) is -1.49. The van der Waals surface area contributed by atoms with Crippen LogP contribution in [0.5, 0.6) is 0 Å². The smallest absolute Gasteiger partial charge is 0.478 e. The summed E-state index contributed by atoms with van der Waals surface area (Å²) < 4.78 is 38.6. The van der Waals surface area contributed by atoms with Crippen molar-refractivity contribution in [3.05, 3.63) is 42.2 Å². The fourth-order valence-corrected chi connectivity index (χ4v) is 0.985. The molecule has 1 N–H and O–H groups in total. The zero-order valence-corrected chi connectivity index (χ0v) is 7.86. The molecule has 0 heterocycles. The average Bonchev–Trinajstić information content (AvgIpc) is 2.17. The van der Waals surface area contributed by atoms with Crippen molar-refractivity contribution in [3.63, 3.8) is 0 Å². The van der Waals surface area contributed by atoms with Gasteiger partial charge in [-0.05, 0) is 5.56 Å². The van der Waals surface area contributed by atoms with E-state index in [1.165, 1.54) is 24.3 Å². The van der Waals surface area contributed by atoms with Gasteiger partial charge < -0.3 is 9.84 Å². The van der Waals surface area contributed by atoms with Gasteiger partial charge in [-0.3, -0.25) is 0 Å². The molecule has 1 aromatic rings. The number of hydrogen-bond acceptors (Lipinski definition) is 2. The Morgan fingerprint density at radius 2 is 1.81 bits per heavy atom. The standard InChI is InChI=1S/C10H7F3O3/c11-10(12,13)16-6-8(9(14)15)7-4-2-1-3-5-7/h1-6H,(H,14,15). The molecular weight excluding hydrogens is 225 g/mol. The minimum Gasteiger partial charge on any atom is -0.478 e. The maximum absolute atomic E-state index is 11.7. The molecule has 3 nitrogen and oxygen atoms in total. The highest BCUT2D eigenvalue weighted by Gasteiger charge is 2.30. The Kier molecular flexibility index (Phi) is 3.55. The van der Waals surface area contributed by atoms with Gasteiger partial charge in [-0.15, -0.1) is 13.2 Å². The van der Waals surface area contributed by atoms with Crippen LogP contribution in [0.2, 0.25) is 0 Å². The molecule has 0 amide bonds. The van der Waals surface area contributed by atoms with Crippen LogP contribution in [0, 0.1) is 0 Å². The van der Waals surface area contributed by atoms with Crippen LogP contribution in [0.15, 0.2) is 36.6 Å². The number of carboxylic acids is 1. The number of hydrogen-bond donors (Lipinski definition) is 1. The molecule has 0 radical (unpaired) electrons. The molecule has 86 valence electrons. The van der Waals surface area contributed by atoms with Gasteiger partial charge in [-0.1, -0.05) is 30.3 Å². The minimum absolute atomic E-state index is 0.138. The van der Waals surface area contributed by atoms with Crippen LogP contribution in [0.4, 0.5) is 13.2 Å². The molecule has 16 heavy (non-hydrogen) atoms. The summed E-state index contributed by atoms with van der Waals surface area (Å²) in [5, 5.41) is 8.71. The van der Waals surface area contributed by atoms with Crippen LogP contribution >= 0.6 is 0 Å². The van der Waals surface area contributed by atoms with Crippen LogP contribution in [-0.4, -0.2) is 17.4 Å². The van der Waals surface area contributed by atoms with Crippen molar-refractivity contribution in [3.8, 4) is 0 Å². The zero-order valence-electron chi connectivity index (χ0n) is 7.86. The first kappa shape index (κ1) is 12.1. The van der Waals surface area contributed by atoms with Crippen molar-refractivity contribution in [2.75, 3.05) is 0 Å². The van der Waals surface area contributed by atoms with E-state index in [1.54, 1.807) is 6.07 Å². The highest BCUT2D eigenvalue weighted by atomic mass is 19.4. The Morgan fingerprint density at radius 3 is 2.25 bits per heavy atom. The third-order valence-electron chi connectivity index (χ3n) is 1.63. The van der Waals surface area contributed by atoms with Gasteiger partial charge in [0.2, 0.25) is 0 Å². The van der Waals surface area contributed by atoms with Crippen molar-refractivity contribution in [2.24, 2.45) is 0 Å². The van der Waals surface area contributed by atoms with Gasteiger partial charge in [0.15, 0.2) is 0 Å². The van der Waals surface area contributed by atoms with E-state index in [4.69, 9.17) is 5.11 Å². The number of aliphatic carboxylic acids is 1. The Bertz CT molecular complexity index is 396. The summed E-state index contributed by atoms with van der Waals surface area (Å²) in [5.41, 5.74) is -0.419. The van der Waals surface area contributed by atoms with Crippen molar-refractivity contribution >= 4 is 11.5 Å². The van der Waals surface area contributed by atoms with E-state index >= 15 is 0 Å². The van der Waals surface area contributed by atoms with Gasteiger partial charge in [0.05, 0.1) is 0 Å². The molecule has 1 rings (SSSR count). The van der Waals surface area contributed by atoms with E-state index in [0.29, 0.717) is 0 Å². The lowest BCUT2D eigenvalue weighted by Crippen LogP contribution is -2.10. The van der Waals surface area contributed by atoms with Crippen LogP contribution < -0.4 is 0 Å². The summed E-state index contributed by atoms with van der Waals surface area (Å²) in [6.45, 7) is 0. The summed E-state index contributed by atoms with van der Waals surface area (Å²) >= 11 is 0. The fraction of sp³-hybridized carbons (Fsp3) is 0.100. The van der Waals surface area contributed by atoms with Crippen LogP contribution in [-0.2, 0) is 9.53 Å². The molecule has 0 unspecified atom stereocenters. The second-order valence-corrected chi connectivity index (χ2v) is 2.77. The van der Waals surface area contributed by atoms with E-state index in [-0.39, 0.29) is 11.8 Å². The molecule has 0 saturated carbocycles. The largest absolute Gasteiger partial charge is 0.572 e. The summed E-state index contributed by atoms with van der Waals surface area (Å²) in [6, 6.07) is 7.40. The highest BCUT2D eigenvalue weighted by molar-refractivity contribution is 6.14. The first-order chi connectivity index (χ1) is 7.40. The van der Waals surface area contributed by atoms with Crippen LogP contribution in [0.3, 0.4) is 0 Å². The molecule has 0 bridgehead atoms. The third-order valence-corrected chi connectivity index (χ3v) is 1.63. The number of carboxylic acid groups (broad SMARTS) is 1. The number of rotatable bonds is 3. The molecule has 0 aromatic heterocycles. The van der Waals surface area contributed by atoms with E-state index in [2.05, 4.69) is 4.74 Å². The number of halogens is 3. The van der Waals surface area contributed by atoms with Crippen molar-refractivity contribution in [1.29, 1.82) is 0 Å². The van der Waals surface area contributed by atoms with Gasteiger partial charge in [0.1, 0.15) is 11.8 Å². The molecule has 0 saturated heterocycles. The monoisotopic (exact) mass is 232 g/mol. The third kappa shape index (κ3) is 3.64. The van der Waals surface area contributed by atoms with Crippen molar-refractivity contribution in [1.82, 2.24) is 0 Å². The molecule has 1 aromatic carbocycles. The Morgan fingerprint density at radius 1 is 1.25 bits per heavy atom. The van der Waals surface area contributed by atoms with Gasteiger partial charge in [0, 0.05) is 0 Å². The Balaban J connectivity index is 2.97. The highest BCUT2D eigenvalue weighted by Crippen LogP contribution is 2.21. The van der Waals surface area contributed by atoms with Gasteiger partial charge in [-0.2, -0.15) is 0 Å². The average molecular weight is 232 g/mol. The van der Waals surface area contributed by atoms with E-state index in [1.807, 2.05) is 0 Å². The molecule has 0 spiro atoms. The molecular formula is C10H7F3O3. The Hall–Kier alpha value is -1.98. The molecule has 0 aliphatic rings. The summed E-state index contributed by atoms with van der Waals surface area (Å²) in [4.78, 5) is 10.7. The molecule has 0 aliphatic carbocycles. The van der Waals surface area contributed by atoms with E-state index in [0.717, 1.165) is 0 Å². The topological polar surface area (TPSA) is 46.5 Å². The van der Waals surface area contributed by atoms with Crippen LogP contribution in [0.25, 0.3) is 5.57 Å². The lowest BCUT2D eigenvalue weighted by molar-refractivity contribution is -0.297. The zero-order chi connectivity index (χ0) is 12.2. The van der Waals surface area contributed by atoms with Crippen LogP contribution in [0.1, 0.15) is 5.56 Å². The van der Waals surface area contributed by atoms with E-state index < -0.39 is 17.9 Å². The first-order valence-corrected chi connectivity index (χ1v) is 4.13. The number of alkyl halides is 3. The van der Waals surface area contributed by atoms with E-state index in [9.17, 15) is 18.0 Å². The maximum atomic E-state index is 11.7. The second kappa shape index (κ2) is 4.69. The number of carbonyl (C=O) groups is 1. The summed E-state index contributed by atoms with van der Waals surface area (Å²) in [7, 11) is 0. The quantitative estimate of drug-likeness (QED) is 0.643. The minimum atomic E-state index is -4.89. The number of ether oxygens (including phenoxy) is 1. The fourth-order valence-electron chi connectivity index (χ4n) is 0.985. The molecule has 6 heteroatoms. The normalized spacial score (nSPS) is 12.3. The Labute approximate surface area is 88.8 Å². The van der Waals surface area contributed by atoms with Crippen molar-refractivity contribution < 1.29 is 27.8 Å². The SMILES string of the molecule is O=C(O)C(=COC(F)(F)F)c1ccccc1. The second-order valence-electron chi connectivity index (χ2n) is 2.77. The molecule has 0 fully saturated rings. The van der Waals surface area contributed by atoms with Gasteiger partial charge in [0.25, 0.3) is 0 Å². The first-order valence-electron chi connectivity index (χ1n) is 4.13. The predicted molar refractivity (Wildman–Crippen MR) is 49.2 cm³/mol. The maximum Gasteiger partial charge on any atom is 0.572 e. The van der Waals surface area contributed by atoms with Crippen molar-refractivity contribution in [2.45, 2.75) is 6.36 Å². The lowest BCUT2D eigenvalue weighted by atomic mass is 10.1. The molecule has 0 atom stereocenters. The number of benzene rings is 1. The molecule has 0 aliphatic heterocycles. The lowest BCUT2D eigenvalue weighted by Gasteiger charge is -2.06. The van der Waals surface area contributed by atoms with Gasteiger partial charge in [-0.25, -0.2) is 4.79 Å².